The molecule has 1 aromatic heterocycles. The van der Waals surface area contributed by atoms with Crippen molar-refractivity contribution < 1.29 is 4.39 Å². The minimum Gasteiger partial charge on any atom is -0.397 e. The van der Waals surface area contributed by atoms with Crippen LogP contribution in [0.5, 0.6) is 0 Å². The topological polar surface area (TPSA) is 50.9 Å². The van der Waals surface area contributed by atoms with E-state index in [-0.39, 0.29) is 5.82 Å². The highest BCUT2D eigenvalue weighted by Gasteiger charge is 2.02. The number of benzene rings is 1. The number of nitrogens with two attached hydrogens (primary N) is 1. The average molecular weight is 252 g/mol. The van der Waals surface area contributed by atoms with Gasteiger partial charge in [-0.2, -0.15) is 0 Å². The van der Waals surface area contributed by atoms with Gasteiger partial charge in [-0.15, -0.1) is 0 Å². The van der Waals surface area contributed by atoms with Gasteiger partial charge in [0.1, 0.15) is 11.6 Å². The van der Waals surface area contributed by atoms with Gasteiger partial charge in [-0.3, -0.25) is 0 Å². The second kappa shape index (κ2) is 5.01. The summed E-state index contributed by atoms with van der Waals surface area (Å²) in [6.45, 7) is 0.453. The number of pyridine rings is 1. The Kier molecular flexibility index (Phi) is 3.44. The smallest absolute Gasteiger partial charge is 0.145 e. The van der Waals surface area contributed by atoms with Gasteiger partial charge in [-0.05, 0) is 23.8 Å². The third-order valence-electron chi connectivity index (χ3n) is 2.21. The van der Waals surface area contributed by atoms with E-state index >= 15 is 0 Å². The van der Waals surface area contributed by atoms with E-state index in [0.29, 0.717) is 23.1 Å². The fourth-order valence-corrected chi connectivity index (χ4v) is 1.66. The molecule has 0 unspecified atom stereocenters. The fourth-order valence-electron chi connectivity index (χ4n) is 1.42. The van der Waals surface area contributed by atoms with Crippen molar-refractivity contribution in [3.63, 3.8) is 0 Å². The highest BCUT2D eigenvalue weighted by molar-refractivity contribution is 6.33. The van der Waals surface area contributed by atoms with Crippen LogP contribution < -0.4 is 11.1 Å². The van der Waals surface area contributed by atoms with Gasteiger partial charge >= 0.3 is 0 Å². The van der Waals surface area contributed by atoms with Gasteiger partial charge in [-0.25, -0.2) is 9.37 Å². The number of anilines is 2. The second-order valence-electron chi connectivity index (χ2n) is 3.58. The summed E-state index contributed by atoms with van der Waals surface area (Å²) in [6.07, 6.45) is 1.51. The molecule has 0 spiro atoms. The molecule has 0 aliphatic rings. The van der Waals surface area contributed by atoms with Gasteiger partial charge in [0.15, 0.2) is 0 Å². The second-order valence-corrected chi connectivity index (χ2v) is 3.99. The van der Waals surface area contributed by atoms with Gasteiger partial charge < -0.3 is 11.1 Å². The minimum atomic E-state index is -0.263. The molecule has 3 N–H and O–H groups in total. The van der Waals surface area contributed by atoms with Crippen molar-refractivity contribution >= 4 is 23.1 Å². The maximum atomic E-state index is 12.9. The lowest BCUT2D eigenvalue weighted by molar-refractivity contribution is 0.626. The number of hydrogen-bond donors (Lipinski definition) is 2. The van der Waals surface area contributed by atoms with Crippen molar-refractivity contribution in [3.05, 3.63) is 52.9 Å². The molecule has 2 aromatic rings. The molecule has 0 aliphatic carbocycles. The van der Waals surface area contributed by atoms with Crippen molar-refractivity contribution in [2.24, 2.45) is 0 Å². The van der Waals surface area contributed by atoms with Crippen molar-refractivity contribution in [1.29, 1.82) is 0 Å². The average Bonchev–Trinajstić information content (AvgIpc) is 2.28. The molecule has 0 saturated heterocycles. The molecule has 1 aromatic carbocycles. The van der Waals surface area contributed by atoms with Crippen LogP contribution in [-0.4, -0.2) is 4.98 Å². The number of halogens is 2. The lowest BCUT2D eigenvalue weighted by atomic mass is 10.2. The van der Waals surface area contributed by atoms with E-state index in [2.05, 4.69) is 10.3 Å². The third-order valence-corrected chi connectivity index (χ3v) is 2.50. The molecule has 0 fully saturated rings. The minimum absolute atomic E-state index is 0.263. The van der Waals surface area contributed by atoms with E-state index in [1.165, 1.54) is 18.3 Å². The van der Waals surface area contributed by atoms with E-state index < -0.39 is 0 Å². The van der Waals surface area contributed by atoms with Crippen LogP contribution in [0.3, 0.4) is 0 Å². The summed E-state index contributed by atoms with van der Waals surface area (Å²) in [6, 6.07) is 7.95. The first-order chi connectivity index (χ1) is 8.15. The Labute approximate surface area is 103 Å². The number of nitrogens with zero attached hydrogens (tertiary/aromatic N) is 1. The summed E-state index contributed by atoms with van der Waals surface area (Å²) < 4.78 is 12.9. The molecule has 0 bridgehead atoms. The predicted octanol–water partition coefficient (Wildman–Crippen LogP) is 3.07. The van der Waals surface area contributed by atoms with E-state index in [1.54, 1.807) is 12.1 Å². The highest BCUT2D eigenvalue weighted by atomic mass is 35.5. The molecule has 88 valence electrons. The fraction of sp³-hybridized carbons (Fsp3) is 0.0833. The van der Waals surface area contributed by atoms with Crippen LogP contribution in [0.1, 0.15) is 5.56 Å². The van der Waals surface area contributed by atoms with Crippen LogP contribution in [0.25, 0.3) is 0 Å². The third kappa shape index (κ3) is 3.07. The summed E-state index contributed by atoms with van der Waals surface area (Å²) in [4.78, 5) is 4.05. The summed E-state index contributed by atoms with van der Waals surface area (Å²) in [5.41, 5.74) is 6.86. The van der Waals surface area contributed by atoms with Crippen molar-refractivity contribution in [2.75, 3.05) is 11.1 Å². The van der Waals surface area contributed by atoms with E-state index in [1.807, 2.05) is 6.07 Å². The molecule has 0 radical (unpaired) electrons. The Bertz CT molecular complexity index is 531. The first kappa shape index (κ1) is 11.7. The summed E-state index contributed by atoms with van der Waals surface area (Å²) in [7, 11) is 0. The molecule has 0 aliphatic heterocycles. The first-order valence-electron chi connectivity index (χ1n) is 5.04. The van der Waals surface area contributed by atoms with Crippen LogP contribution in [0.4, 0.5) is 15.9 Å². The van der Waals surface area contributed by atoms with Gasteiger partial charge in [0.05, 0.1) is 16.9 Å². The molecule has 17 heavy (non-hydrogen) atoms. The Balaban J connectivity index is 2.07. The quantitative estimate of drug-likeness (QED) is 0.882. The number of rotatable bonds is 3. The van der Waals surface area contributed by atoms with E-state index in [0.717, 1.165) is 5.56 Å². The van der Waals surface area contributed by atoms with Crippen LogP contribution in [0, 0.1) is 5.82 Å². The summed E-state index contributed by atoms with van der Waals surface area (Å²) >= 11 is 5.95. The Morgan fingerprint density at radius 1 is 1.35 bits per heavy atom. The zero-order valence-electron chi connectivity index (χ0n) is 8.95. The molecule has 5 heteroatoms. The first-order valence-corrected chi connectivity index (χ1v) is 5.42. The number of aromatic nitrogens is 1. The van der Waals surface area contributed by atoms with Crippen molar-refractivity contribution in [1.82, 2.24) is 4.98 Å². The molecule has 2 rings (SSSR count). The van der Waals surface area contributed by atoms with E-state index in [9.17, 15) is 4.39 Å². The zero-order valence-corrected chi connectivity index (χ0v) is 9.71. The zero-order chi connectivity index (χ0) is 12.3. The van der Waals surface area contributed by atoms with Gasteiger partial charge in [0.25, 0.3) is 0 Å². The Morgan fingerprint density at radius 3 is 2.88 bits per heavy atom. The summed E-state index contributed by atoms with van der Waals surface area (Å²) in [5, 5.41) is 3.46. The van der Waals surface area contributed by atoms with Crippen LogP contribution in [0.15, 0.2) is 36.5 Å². The molecule has 0 saturated carbocycles. The molecule has 1 heterocycles. The van der Waals surface area contributed by atoms with Gasteiger partial charge in [-0.1, -0.05) is 23.7 Å². The maximum Gasteiger partial charge on any atom is 0.145 e. The Morgan fingerprint density at radius 2 is 2.18 bits per heavy atom. The largest absolute Gasteiger partial charge is 0.397 e. The lowest BCUT2D eigenvalue weighted by Gasteiger charge is -2.07. The van der Waals surface area contributed by atoms with Crippen LogP contribution in [-0.2, 0) is 6.54 Å². The monoisotopic (exact) mass is 251 g/mol. The molecule has 3 nitrogen and oxygen atoms in total. The number of nitrogens with one attached hydrogen (secondary N) is 1. The van der Waals surface area contributed by atoms with Crippen LogP contribution in [0.2, 0.25) is 5.02 Å². The summed E-state index contributed by atoms with van der Waals surface area (Å²) in [5.74, 6) is 0.269. The van der Waals surface area contributed by atoms with Gasteiger partial charge in [0, 0.05) is 6.54 Å². The lowest BCUT2D eigenvalue weighted by Crippen LogP contribution is -2.02. The normalized spacial score (nSPS) is 10.2. The molecule has 0 atom stereocenters. The van der Waals surface area contributed by atoms with E-state index in [4.69, 9.17) is 17.3 Å². The molecule has 0 amide bonds. The van der Waals surface area contributed by atoms with Gasteiger partial charge in [0.2, 0.25) is 0 Å². The van der Waals surface area contributed by atoms with Crippen molar-refractivity contribution in [3.8, 4) is 0 Å². The standard InChI is InChI=1S/C12H11ClFN3/c13-11-5-10(15)7-17-12(11)16-6-8-2-1-3-9(14)4-8/h1-5,7H,6,15H2,(H,16,17). The molecular formula is C12H11ClFN3. The van der Waals surface area contributed by atoms with Crippen LogP contribution >= 0.6 is 11.6 Å². The molecular weight excluding hydrogens is 241 g/mol. The highest BCUT2D eigenvalue weighted by Crippen LogP contribution is 2.21. The number of hydrogen-bond acceptors (Lipinski definition) is 3. The number of nitrogen functional groups attached to an aromatic ring is 1. The predicted molar refractivity (Wildman–Crippen MR) is 67.4 cm³/mol. The SMILES string of the molecule is Nc1cnc(NCc2cccc(F)c2)c(Cl)c1. The Hall–Kier alpha value is -1.81. The maximum absolute atomic E-state index is 12.9. The van der Waals surface area contributed by atoms with Crippen molar-refractivity contribution in [2.45, 2.75) is 6.54 Å².